The van der Waals surface area contributed by atoms with Crippen LogP contribution in [-0.2, 0) is 0 Å². The minimum Gasteiger partial charge on any atom is -0.343 e. The number of nitrogens with one attached hydrogen (secondary N) is 1. The van der Waals surface area contributed by atoms with Crippen LogP contribution in [0.25, 0.3) is 0 Å². The van der Waals surface area contributed by atoms with Gasteiger partial charge in [-0.25, -0.2) is 0 Å². The molecule has 1 aromatic carbocycles. The minimum absolute atomic E-state index is 0.0358. The van der Waals surface area contributed by atoms with E-state index in [9.17, 15) is 4.79 Å². The van der Waals surface area contributed by atoms with Crippen molar-refractivity contribution in [3.05, 3.63) is 45.4 Å². The summed E-state index contributed by atoms with van der Waals surface area (Å²) in [6.07, 6.45) is 0.863. The van der Waals surface area contributed by atoms with Crippen molar-refractivity contribution < 1.29 is 4.79 Å². The Bertz CT molecular complexity index is 571. The molecule has 0 bridgehead atoms. The SMILES string of the molecule is CC(C)CC(NC(=O)c1nnc(Cl)s1)c1ccccc1. The van der Waals surface area contributed by atoms with Gasteiger partial charge in [-0.3, -0.25) is 4.79 Å². The first-order valence-corrected chi connectivity index (χ1v) is 7.60. The monoisotopic (exact) mass is 309 g/mol. The van der Waals surface area contributed by atoms with Crippen molar-refractivity contribution in [2.24, 2.45) is 5.92 Å². The van der Waals surface area contributed by atoms with Crippen LogP contribution in [0.3, 0.4) is 0 Å². The molecule has 6 heteroatoms. The maximum atomic E-state index is 12.2. The Morgan fingerprint density at radius 3 is 2.55 bits per heavy atom. The van der Waals surface area contributed by atoms with Gasteiger partial charge >= 0.3 is 0 Å². The number of amides is 1. The molecule has 1 heterocycles. The number of carbonyl (C=O) groups excluding carboxylic acids is 1. The van der Waals surface area contributed by atoms with Crippen LogP contribution in [0.1, 0.15) is 41.7 Å². The zero-order valence-electron chi connectivity index (χ0n) is 11.3. The standard InChI is InChI=1S/C14H16ClN3OS/c1-9(2)8-11(10-6-4-3-5-7-10)16-12(19)13-17-18-14(15)20-13/h3-7,9,11H,8H2,1-2H3,(H,16,19). The minimum atomic E-state index is -0.232. The highest BCUT2D eigenvalue weighted by molar-refractivity contribution is 7.17. The number of aromatic nitrogens is 2. The van der Waals surface area contributed by atoms with Crippen molar-refractivity contribution >= 4 is 28.8 Å². The number of benzene rings is 1. The van der Waals surface area contributed by atoms with Gasteiger partial charge in [0, 0.05) is 0 Å². The van der Waals surface area contributed by atoms with Gasteiger partial charge in [0.1, 0.15) is 0 Å². The molecule has 1 unspecified atom stereocenters. The van der Waals surface area contributed by atoms with Crippen LogP contribution in [0.2, 0.25) is 4.47 Å². The average Bonchev–Trinajstić information content (AvgIpc) is 2.85. The summed E-state index contributed by atoms with van der Waals surface area (Å²) in [4.78, 5) is 12.2. The van der Waals surface area contributed by atoms with Gasteiger partial charge in [0.05, 0.1) is 6.04 Å². The van der Waals surface area contributed by atoms with Crippen molar-refractivity contribution in [1.29, 1.82) is 0 Å². The second-order valence-electron chi connectivity index (χ2n) is 4.93. The van der Waals surface area contributed by atoms with Crippen LogP contribution < -0.4 is 5.32 Å². The maximum absolute atomic E-state index is 12.2. The number of hydrogen-bond donors (Lipinski definition) is 1. The number of hydrogen-bond acceptors (Lipinski definition) is 4. The third-order valence-electron chi connectivity index (χ3n) is 2.81. The first-order valence-electron chi connectivity index (χ1n) is 6.41. The molecule has 0 saturated carbocycles. The van der Waals surface area contributed by atoms with E-state index in [1.54, 1.807) is 0 Å². The lowest BCUT2D eigenvalue weighted by atomic mass is 9.97. The van der Waals surface area contributed by atoms with Crippen LogP contribution in [0, 0.1) is 5.92 Å². The summed E-state index contributed by atoms with van der Waals surface area (Å²) in [7, 11) is 0. The molecule has 0 fully saturated rings. The lowest BCUT2D eigenvalue weighted by Crippen LogP contribution is -2.29. The summed E-state index contributed by atoms with van der Waals surface area (Å²) in [6, 6.07) is 9.89. The summed E-state index contributed by atoms with van der Waals surface area (Å²) < 4.78 is 0.273. The Kier molecular flexibility index (Phi) is 5.09. The van der Waals surface area contributed by atoms with E-state index in [0.717, 1.165) is 23.3 Å². The van der Waals surface area contributed by atoms with E-state index in [1.165, 1.54) is 0 Å². The fourth-order valence-corrected chi connectivity index (χ4v) is 2.68. The Hall–Kier alpha value is -1.46. The summed E-state index contributed by atoms with van der Waals surface area (Å²) in [6.45, 7) is 4.26. The van der Waals surface area contributed by atoms with Gasteiger partial charge in [-0.1, -0.05) is 55.5 Å². The highest BCUT2D eigenvalue weighted by atomic mass is 35.5. The molecule has 2 aromatic rings. The Morgan fingerprint density at radius 1 is 1.30 bits per heavy atom. The molecular weight excluding hydrogens is 294 g/mol. The van der Waals surface area contributed by atoms with Gasteiger partial charge in [-0.05, 0) is 29.5 Å². The van der Waals surface area contributed by atoms with E-state index in [2.05, 4.69) is 29.4 Å². The van der Waals surface area contributed by atoms with Crippen LogP contribution in [0.15, 0.2) is 30.3 Å². The molecule has 1 atom stereocenters. The first-order chi connectivity index (χ1) is 9.56. The first kappa shape index (κ1) is 14.9. The molecule has 1 aromatic heterocycles. The van der Waals surface area contributed by atoms with Gasteiger partial charge in [0.2, 0.25) is 9.47 Å². The highest BCUT2D eigenvalue weighted by Crippen LogP contribution is 2.22. The zero-order chi connectivity index (χ0) is 14.5. The Morgan fingerprint density at radius 2 is 2.00 bits per heavy atom. The van der Waals surface area contributed by atoms with E-state index in [1.807, 2.05) is 30.3 Å². The second-order valence-corrected chi connectivity index (χ2v) is 6.49. The van der Waals surface area contributed by atoms with E-state index < -0.39 is 0 Å². The molecule has 0 radical (unpaired) electrons. The van der Waals surface area contributed by atoms with Crippen molar-refractivity contribution in [3.63, 3.8) is 0 Å². The highest BCUT2D eigenvalue weighted by Gasteiger charge is 2.19. The summed E-state index contributed by atoms with van der Waals surface area (Å²) in [5, 5.41) is 10.7. The molecule has 0 saturated heterocycles. The van der Waals surface area contributed by atoms with E-state index in [-0.39, 0.29) is 16.4 Å². The molecule has 4 nitrogen and oxygen atoms in total. The Balaban J connectivity index is 2.14. The molecule has 1 amide bonds. The number of halogens is 1. The number of nitrogens with zero attached hydrogens (tertiary/aromatic N) is 2. The summed E-state index contributed by atoms with van der Waals surface area (Å²) in [5.74, 6) is 0.238. The fourth-order valence-electron chi connectivity index (χ4n) is 1.95. The lowest BCUT2D eigenvalue weighted by molar-refractivity contribution is 0.0931. The van der Waals surface area contributed by atoms with Crippen LogP contribution >= 0.6 is 22.9 Å². The molecule has 2 rings (SSSR count). The van der Waals surface area contributed by atoms with E-state index >= 15 is 0 Å². The molecule has 0 aliphatic heterocycles. The topological polar surface area (TPSA) is 54.9 Å². The lowest BCUT2D eigenvalue weighted by Gasteiger charge is -2.20. The van der Waals surface area contributed by atoms with Crippen LogP contribution in [0.4, 0.5) is 0 Å². The van der Waals surface area contributed by atoms with Crippen LogP contribution in [0.5, 0.6) is 0 Å². The van der Waals surface area contributed by atoms with Gasteiger partial charge in [0.15, 0.2) is 0 Å². The Labute approximate surface area is 127 Å². The van der Waals surface area contributed by atoms with Gasteiger partial charge in [-0.15, -0.1) is 10.2 Å². The molecule has 0 aliphatic rings. The van der Waals surface area contributed by atoms with Crippen molar-refractivity contribution in [2.75, 3.05) is 0 Å². The molecule has 106 valence electrons. The quantitative estimate of drug-likeness (QED) is 0.916. The fraction of sp³-hybridized carbons (Fsp3) is 0.357. The summed E-state index contributed by atoms with van der Waals surface area (Å²) >= 11 is 6.79. The number of rotatable bonds is 5. The van der Waals surface area contributed by atoms with Crippen molar-refractivity contribution in [1.82, 2.24) is 15.5 Å². The average molecular weight is 310 g/mol. The predicted octanol–water partition coefficient (Wildman–Crippen LogP) is 3.71. The smallest absolute Gasteiger partial charge is 0.282 e. The molecular formula is C14H16ClN3OS. The molecule has 1 N–H and O–H groups in total. The van der Waals surface area contributed by atoms with Crippen molar-refractivity contribution in [2.45, 2.75) is 26.3 Å². The van der Waals surface area contributed by atoms with Crippen LogP contribution in [-0.4, -0.2) is 16.1 Å². The molecule has 0 spiro atoms. The zero-order valence-corrected chi connectivity index (χ0v) is 12.9. The number of carbonyl (C=O) groups is 1. The predicted molar refractivity (Wildman–Crippen MR) is 81.0 cm³/mol. The van der Waals surface area contributed by atoms with E-state index in [0.29, 0.717) is 10.9 Å². The van der Waals surface area contributed by atoms with Gasteiger partial charge < -0.3 is 5.32 Å². The second kappa shape index (κ2) is 6.81. The third kappa shape index (κ3) is 4.02. The van der Waals surface area contributed by atoms with Gasteiger partial charge in [0.25, 0.3) is 5.91 Å². The summed E-state index contributed by atoms with van der Waals surface area (Å²) in [5.41, 5.74) is 1.09. The van der Waals surface area contributed by atoms with Crippen molar-refractivity contribution in [3.8, 4) is 0 Å². The normalized spacial score (nSPS) is 12.4. The molecule has 0 aliphatic carbocycles. The largest absolute Gasteiger partial charge is 0.343 e. The maximum Gasteiger partial charge on any atom is 0.282 e. The third-order valence-corrected chi connectivity index (χ3v) is 3.83. The molecule has 20 heavy (non-hydrogen) atoms. The van der Waals surface area contributed by atoms with E-state index in [4.69, 9.17) is 11.6 Å². The van der Waals surface area contributed by atoms with Gasteiger partial charge in [-0.2, -0.15) is 0 Å².